The van der Waals surface area contributed by atoms with Crippen LogP contribution in [-0.2, 0) is 0 Å². The van der Waals surface area contributed by atoms with Gasteiger partial charge in [0.05, 0.1) is 0 Å². The molecule has 2 rings (SSSR count). The average Bonchev–Trinajstić information content (AvgIpc) is 2.42. The zero-order chi connectivity index (χ0) is 13.8. The van der Waals surface area contributed by atoms with Crippen LogP contribution in [0.5, 0.6) is 5.75 Å². The van der Waals surface area contributed by atoms with E-state index in [4.69, 9.17) is 11.6 Å². The number of hydrogen-bond donors (Lipinski definition) is 1. The first-order valence-corrected chi connectivity index (χ1v) is 6.22. The van der Waals surface area contributed by atoms with E-state index < -0.39 is 0 Å². The molecule has 0 aliphatic rings. The zero-order valence-corrected chi connectivity index (χ0v) is 11.2. The van der Waals surface area contributed by atoms with Gasteiger partial charge in [-0.25, -0.2) is 0 Å². The molecule has 1 N–H and O–H groups in total. The third kappa shape index (κ3) is 3.24. The minimum absolute atomic E-state index is 0.0314. The van der Waals surface area contributed by atoms with Crippen LogP contribution in [0.2, 0.25) is 5.02 Å². The topological polar surface area (TPSA) is 37.3 Å². The fraction of sp³-hybridized carbons (Fsp3) is 0.0625. The second-order valence-electron chi connectivity index (χ2n) is 4.21. The van der Waals surface area contributed by atoms with Gasteiger partial charge in [-0.3, -0.25) is 4.79 Å². The monoisotopic (exact) mass is 272 g/mol. The van der Waals surface area contributed by atoms with Crippen molar-refractivity contribution >= 4 is 23.5 Å². The summed E-state index contributed by atoms with van der Waals surface area (Å²) in [6, 6.07) is 12.5. The van der Waals surface area contributed by atoms with Crippen LogP contribution in [-0.4, -0.2) is 10.9 Å². The van der Waals surface area contributed by atoms with E-state index in [-0.39, 0.29) is 11.5 Å². The standard InChI is InChI=1S/C16H13ClO2/c1-11-14(17)9-13(10-16(11)19)15(18)8-7-12-5-3-2-4-6-12/h2-10,19H,1H3. The van der Waals surface area contributed by atoms with Crippen molar-refractivity contribution in [1.29, 1.82) is 0 Å². The van der Waals surface area contributed by atoms with Crippen LogP contribution in [0.1, 0.15) is 21.5 Å². The number of phenolic OH excluding ortho intramolecular Hbond substituents is 1. The van der Waals surface area contributed by atoms with Crippen molar-refractivity contribution in [3.05, 3.63) is 70.3 Å². The molecule has 0 amide bonds. The van der Waals surface area contributed by atoms with Gasteiger partial charge in [0.25, 0.3) is 0 Å². The van der Waals surface area contributed by atoms with E-state index in [1.54, 1.807) is 19.1 Å². The van der Waals surface area contributed by atoms with E-state index in [1.807, 2.05) is 30.3 Å². The Bertz CT molecular complexity index is 607. The van der Waals surface area contributed by atoms with Crippen LogP contribution in [0.4, 0.5) is 0 Å². The Morgan fingerprint density at radius 1 is 1.21 bits per heavy atom. The molecule has 0 aromatic heterocycles. The predicted octanol–water partition coefficient (Wildman–Crippen LogP) is 4.25. The number of hydrogen-bond acceptors (Lipinski definition) is 2. The van der Waals surface area contributed by atoms with Crippen molar-refractivity contribution in [3.63, 3.8) is 0 Å². The van der Waals surface area contributed by atoms with Crippen LogP contribution in [0.25, 0.3) is 6.08 Å². The number of halogens is 1. The molecule has 3 heteroatoms. The number of carbonyl (C=O) groups is 1. The molecule has 0 bridgehead atoms. The van der Waals surface area contributed by atoms with Crippen molar-refractivity contribution in [2.24, 2.45) is 0 Å². The Kier molecular flexibility index (Phi) is 4.03. The molecule has 0 spiro atoms. The van der Waals surface area contributed by atoms with Gasteiger partial charge in [-0.2, -0.15) is 0 Å². The second-order valence-corrected chi connectivity index (χ2v) is 4.62. The zero-order valence-electron chi connectivity index (χ0n) is 10.4. The first-order chi connectivity index (χ1) is 9.08. The van der Waals surface area contributed by atoms with Gasteiger partial charge in [0.15, 0.2) is 5.78 Å². The van der Waals surface area contributed by atoms with Crippen molar-refractivity contribution in [3.8, 4) is 5.75 Å². The summed E-state index contributed by atoms with van der Waals surface area (Å²) in [7, 11) is 0. The van der Waals surface area contributed by atoms with Gasteiger partial charge in [0.1, 0.15) is 5.75 Å². The third-order valence-corrected chi connectivity index (χ3v) is 3.22. The van der Waals surface area contributed by atoms with Crippen LogP contribution in [0, 0.1) is 6.92 Å². The van der Waals surface area contributed by atoms with E-state index in [0.717, 1.165) is 5.56 Å². The molecule has 19 heavy (non-hydrogen) atoms. The van der Waals surface area contributed by atoms with E-state index >= 15 is 0 Å². The lowest BCUT2D eigenvalue weighted by atomic mass is 10.1. The van der Waals surface area contributed by atoms with Crippen molar-refractivity contribution in [1.82, 2.24) is 0 Å². The van der Waals surface area contributed by atoms with Gasteiger partial charge in [0, 0.05) is 16.1 Å². The lowest BCUT2D eigenvalue weighted by Gasteiger charge is -2.04. The number of allylic oxidation sites excluding steroid dienone is 1. The summed E-state index contributed by atoms with van der Waals surface area (Å²) in [6.45, 7) is 1.70. The molecular weight excluding hydrogens is 260 g/mol. The summed E-state index contributed by atoms with van der Waals surface area (Å²) in [5, 5.41) is 10.0. The smallest absolute Gasteiger partial charge is 0.186 e. The molecule has 2 aromatic carbocycles. The molecule has 0 heterocycles. The first kappa shape index (κ1) is 13.4. The largest absolute Gasteiger partial charge is 0.508 e. The van der Waals surface area contributed by atoms with Gasteiger partial charge in [-0.05, 0) is 30.7 Å². The quantitative estimate of drug-likeness (QED) is 0.670. The molecule has 0 saturated carbocycles. The number of carbonyl (C=O) groups excluding carboxylic acids is 1. The van der Waals surface area contributed by atoms with E-state index in [9.17, 15) is 9.90 Å². The highest BCUT2D eigenvalue weighted by atomic mass is 35.5. The van der Waals surface area contributed by atoms with Gasteiger partial charge in [-0.15, -0.1) is 0 Å². The van der Waals surface area contributed by atoms with Gasteiger partial charge in [0.2, 0.25) is 0 Å². The summed E-state index contributed by atoms with van der Waals surface area (Å²) in [5.41, 5.74) is 1.89. The summed E-state index contributed by atoms with van der Waals surface area (Å²) in [4.78, 5) is 12.0. The van der Waals surface area contributed by atoms with Crippen molar-refractivity contribution in [2.75, 3.05) is 0 Å². The fourth-order valence-corrected chi connectivity index (χ4v) is 1.85. The van der Waals surface area contributed by atoms with Gasteiger partial charge in [-0.1, -0.05) is 48.0 Å². The Balaban J connectivity index is 2.24. The van der Waals surface area contributed by atoms with E-state index in [2.05, 4.69) is 0 Å². The second kappa shape index (κ2) is 5.72. The van der Waals surface area contributed by atoms with Crippen molar-refractivity contribution in [2.45, 2.75) is 6.92 Å². The van der Waals surface area contributed by atoms with Crippen LogP contribution >= 0.6 is 11.6 Å². The normalized spacial score (nSPS) is 10.8. The Hall–Kier alpha value is -2.06. The molecule has 0 aliphatic heterocycles. The maximum atomic E-state index is 12.0. The number of ketones is 1. The Morgan fingerprint density at radius 2 is 1.89 bits per heavy atom. The summed E-state index contributed by atoms with van der Waals surface area (Å²) in [5.74, 6) is -0.162. The lowest BCUT2D eigenvalue weighted by Crippen LogP contribution is -1.95. The van der Waals surface area contributed by atoms with Crippen LogP contribution in [0.15, 0.2) is 48.5 Å². The van der Waals surface area contributed by atoms with Crippen LogP contribution in [0.3, 0.4) is 0 Å². The highest BCUT2D eigenvalue weighted by Crippen LogP contribution is 2.26. The van der Waals surface area contributed by atoms with Crippen LogP contribution < -0.4 is 0 Å². The molecule has 0 fully saturated rings. The fourth-order valence-electron chi connectivity index (χ4n) is 1.64. The number of aromatic hydroxyl groups is 1. The summed E-state index contributed by atoms with van der Waals surface area (Å²) < 4.78 is 0. The molecule has 2 aromatic rings. The summed E-state index contributed by atoms with van der Waals surface area (Å²) in [6.07, 6.45) is 3.20. The molecule has 0 saturated heterocycles. The summed E-state index contributed by atoms with van der Waals surface area (Å²) >= 11 is 5.94. The third-order valence-electron chi connectivity index (χ3n) is 2.83. The predicted molar refractivity (Wildman–Crippen MR) is 77.7 cm³/mol. The lowest BCUT2D eigenvalue weighted by molar-refractivity contribution is 0.104. The maximum absolute atomic E-state index is 12.0. The molecular formula is C16H13ClO2. The Morgan fingerprint density at radius 3 is 2.53 bits per heavy atom. The average molecular weight is 273 g/mol. The SMILES string of the molecule is Cc1c(O)cc(C(=O)C=Cc2ccccc2)cc1Cl. The number of benzene rings is 2. The Labute approximate surface area is 117 Å². The number of rotatable bonds is 3. The molecule has 0 unspecified atom stereocenters. The molecule has 0 atom stereocenters. The van der Waals surface area contributed by atoms with Crippen molar-refractivity contribution < 1.29 is 9.90 Å². The van der Waals surface area contributed by atoms with E-state index in [1.165, 1.54) is 12.1 Å². The molecule has 2 nitrogen and oxygen atoms in total. The maximum Gasteiger partial charge on any atom is 0.186 e. The van der Waals surface area contributed by atoms with Gasteiger partial charge < -0.3 is 5.11 Å². The minimum atomic E-state index is -0.193. The highest BCUT2D eigenvalue weighted by Gasteiger charge is 2.08. The first-order valence-electron chi connectivity index (χ1n) is 5.84. The molecule has 96 valence electrons. The minimum Gasteiger partial charge on any atom is -0.508 e. The molecule has 0 aliphatic carbocycles. The van der Waals surface area contributed by atoms with Gasteiger partial charge >= 0.3 is 0 Å². The highest BCUT2D eigenvalue weighted by molar-refractivity contribution is 6.32. The number of phenols is 1. The molecule has 0 radical (unpaired) electrons. The van der Waals surface area contributed by atoms with E-state index in [0.29, 0.717) is 16.1 Å².